The van der Waals surface area contributed by atoms with Crippen molar-refractivity contribution in [3.8, 4) is 0 Å². The predicted octanol–water partition coefficient (Wildman–Crippen LogP) is 2.61. The minimum atomic E-state index is 0.480. The number of piperidine rings is 1. The smallest absolute Gasteiger partial charge is 0.159 e. The number of alkyl halides is 1. The van der Waals surface area contributed by atoms with Crippen LogP contribution in [0.5, 0.6) is 0 Å². The van der Waals surface area contributed by atoms with E-state index in [0.717, 1.165) is 36.5 Å². The molecule has 0 spiro atoms. The first-order chi connectivity index (χ1) is 10.2. The number of imidazole rings is 1. The fraction of sp³-hybridized carbons (Fsp3) is 0.733. The van der Waals surface area contributed by atoms with Crippen molar-refractivity contribution >= 4 is 22.8 Å². The molecule has 1 aliphatic rings. The Bertz CT molecular complexity index is 630. The van der Waals surface area contributed by atoms with E-state index >= 15 is 0 Å². The first-order valence-corrected chi connectivity index (χ1v) is 8.37. The fourth-order valence-electron chi connectivity index (χ4n) is 3.45. The summed E-state index contributed by atoms with van der Waals surface area (Å²) in [5.41, 5.74) is 3.24. The number of aryl methyl sites for hydroxylation is 3. The third-order valence-corrected chi connectivity index (χ3v) is 4.59. The van der Waals surface area contributed by atoms with Gasteiger partial charge in [-0.1, -0.05) is 0 Å². The zero-order valence-electron chi connectivity index (χ0n) is 13.1. The summed E-state index contributed by atoms with van der Waals surface area (Å²) in [5, 5.41) is 4.63. The molecule has 0 bridgehead atoms. The van der Waals surface area contributed by atoms with Crippen molar-refractivity contribution < 1.29 is 0 Å². The lowest BCUT2D eigenvalue weighted by molar-refractivity contribution is 0.211. The van der Waals surface area contributed by atoms with Crippen LogP contribution in [0.1, 0.15) is 37.3 Å². The summed E-state index contributed by atoms with van der Waals surface area (Å²) >= 11 is 6.00. The Hall–Kier alpha value is -1.07. The van der Waals surface area contributed by atoms with E-state index in [9.17, 15) is 0 Å². The second-order valence-corrected chi connectivity index (χ2v) is 6.35. The van der Waals surface area contributed by atoms with E-state index in [1.807, 2.05) is 6.92 Å². The number of aromatic nitrogens is 4. The van der Waals surface area contributed by atoms with Crippen LogP contribution in [-0.2, 0) is 13.0 Å². The maximum Gasteiger partial charge on any atom is 0.159 e. The molecule has 21 heavy (non-hydrogen) atoms. The summed E-state index contributed by atoms with van der Waals surface area (Å²) in [6.07, 6.45) is 3.26. The predicted molar refractivity (Wildman–Crippen MR) is 86.1 cm³/mol. The number of rotatable bonds is 4. The highest BCUT2D eigenvalue weighted by Crippen LogP contribution is 2.29. The van der Waals surface area contributed by atoms with Gasteiger partial charge in [-0.15, -0.1) is 11.6 Å². The first kappa shape index (κ1) is 14.9. The second-order valence-electron chi connectivity index (χ2n) is 5.97. The maximum absolute atomic E-state index is 6.00. The number of nitrogens with zero attached hydrogens (tertiary/aromatic N) is 5. The molecule has 116 valence electrons. The van der Waals surface area contributed by atoms with E-state index in [-0.39, 0.29) is 0 Å². The molecular weight excluding hydrogens is 286 g/mol. The molecule has 0 N–H and O–H groups in total. The lowest BCUT2D eigenvalue weighted by Gasteiger charge is -2.31. The van der Waals surface area contributed by atoms with E-state index in [0.29, 0.717) is 11.9 Å². The molecule has 3 heterocycles. The van der Waals surface area contributed by atoms with Gasteiger partial charge in [-0.25, -0.2) is 9.67 Å². The highest BCUT2D eigenvalue weighted by Gasteiger charge is 2.26. The Labute approximate surface area is 130 Å². The average Bonchev–Trinajstić information content (AvgIpc) is 2.97. The van der Waals surface area contributed by atoms with E-state index in [1.165, 1.54) is 25.0 Å². The van der Waals surface area contributed by atoms with Crippen molar-refractivity contribution in [2.75, 3.05) is 26.0 Å². The standard InChI is InChI=1S/C15H24ClN5/c1-4-20-15-14(11(2)18-20)17-13(7-8-16)21(15)12-6-5-9-19(3)10-12/h12H,4-10H2,1-3H3. The van der Waals surface area contributed by atoms with Gasteiger partial charge in [0.15, 0.2) is 5.65 Å². The van der Waals surface area contributed by atoms with E-state index in [2.05, 4.69) is 33.2 Å². The molecule has 1 atom stereocenters. The molecule has 1 saturated heterocycles. The van der Waals surface area contributed by atoms with Gasteiger partial charge in [0.2, 0.25) is 0 Å². The fourth-order valence-corrected chi connectivity index (χ4v) is 3.62. The maximum atomic E-state index is 6.00. The topological polar surface area (TPSA) is 38.9 Å². The first-order valence-electron chi connectivity index (χ1n) is 7.84. The molecule has 2 aromatic heterocycles. The van der Waals surface area contributed by atoms with Gasteiger partial charge in [-0.2, -0.15) is 5.10 Å². The quantitative estimate of drug-likeness (QED) is 0.815. The van der Waals surface area contributed by atoms with E-state index < -0.39 is 0 Å². The molecule has 3 rings (SSSR count). The van der Waals surface area contributed by atoms with Crippen LogP contribution in [0.25, 0.3) is 11.2 Å². The van der Waals surface area contributed by atoms with Crippen molar-refractivity contribution in [1.82, 2.24) is 24.2 Å². The normalized spacial score (nSPS) is 20.5. The summed E-state index contributed by atoms with van der Waals surface area (Å²) in [4.78, 5) is 7.25. The number of halogens is 1. The van der Waals surface area contributed by atoms with Crippen LogP contribution in [0.3, 0.4) is 0 Å². The summed E-state index contributed by atoms with van der Waals surface area (Å²) in [6, 6.07) is 0.480. The van der Waals surface area contributed by atoms with Crippen molar-refractivity contribution in [2.45, 2.75) is 45.7 Å². The molecule has 1 unspecified atom stereocenters. The lowest BCUT2D eigenvalue weighted by atomic mass is 10.1. The molecular formula is C15H24ClN5. The highest BCUT2D eigenvalue weighted by atomic mass is 35.5. The molecule has 1 fully saturated rings. The SMILES string of the molecule is CCn1nc(C)c2nc(CCCl)n(C3CCCN(C)C3)c21. The number of hydrogen-bond donors (Lipinski definition) is 0. The molecule has 5 nitrogen and oxygen atoms in total. The van der Waals surface area contributed by atoms with Crippen molar-refractivity contribution in [3.05, 3.63) is 11.5 Å². The van der Waals surface area contributed by atoms with Crippen LogP contribution in [0, 0.1) is 6.92 Å². The van der Waals surface area contributed by atoms with E-state index in [1.54, 1.807) is 0 Å². The highest BCUT2D eigenvalue weighted by molar-refractivity contribution is 6.17. The molecule has 2 aromatic rings. The van der Waals surface area contributed by atoms with Crippen molar-refractivity contribution in [1.29, 1.82) is 0 Å². The minimum absolute atomic E-state index is 0.480. The third kappa shape index (κ3) is 2.57. The number of hydrogen-bond acceptors (Lipinski definition) is 3. The summed E-state index contributed by atoms with van der Waals surface area (Å²) in [5.74, 6) is 1.73. The Morgan fingerprint density at radius 3 is 2.86 bits per heavy atom. The summed E-state index contributed by atoms with van der Waals surface area (Å²) in [6.45, 7) is 7.32. The molecule has 0 aromatic carbocycles. The Kier molecular flexibility index (Phi) is 4.22. The van der Waals surface area contributed by atoms with Crippen LogP contribution >= 0.6 is 11.6 Å². The average molecular weight is 310 g/mol. The number of likely N-dealkylation sites (tertiary alicyclic amines) is 1. The summed E-state index contributed by atoms with van der Waals surface area (Å²) < 4.78 is 4.50. The monoisotopic (exact) mass is 309 g/mol. The van der Waals surface area contributed by atoms with Gasteiger partial charge < -0.3 is 9.47 Å². The van der Waals surface area contributed by atoms with Crippen LogP contribution in [-0.4, -0.2) is 50.2 Å². The van der Waals surface area contributed by atoms with E-state index in [4.69, 9.17) is 16.6 Å². The Morgan fingerprint density at radius 2 is 2.19 bits per heavy atom. The Balaban J connectivity index is 2.14. The van der Waals surface area contributed by atoms with Crippen LogP contribution in [0.4, 0.5) is 0 Å². The van der Waals surface area contributed by atoms with Gasteiger partial charge in [-0.3, -0.25) is 0 Å². The molecule has 1 aliphatic heterocycles. The van der Waals surface area contributed by atoms with Crippen molar-refractivity contribution in [3.63, 3.8) is 0 Å². The zero-order chi connectivity index (χ0) is 15.0. The third-order valence-electron chi connectivity index (χ3n) is 4.40. The molecule has 6 heteroatoms. The van der Waals surface area contributed by atoms with Crippen LogP contribution in [0.15, 0.2) is 0 Å². The van der Waals surface area contributed by atoms with Crippen LogP contribution < -0.4 is 0 Å². The molecule has 0 radical (unpaired) electrons. The van der Waals surface area contributed by atoms with Gasteiger partial charge in [0.1, 0.15) is 11.3 Å². The molecule has 0 aliphatic carbocycles. The van der Waals surface area contributed by atoms with Crippen LogP contribution in [0.2, 0.25) is 0 Å². The largest absolute Gasteiger partial charge is 0.308 e. The van der Waals surface area contributed by atoms with Gasteiger partial charge in [-0.05, 0) is 40.3 Å². The van der Waals surface area contributed by atoms with Gasteiger partial charge in [0.25, 0.3) is 0 Å². The Morgan fingerprint density at radius 1 is 1.38 bits per heavy atom. The molecule has 0 saturated carbocycles. The van der Waals surface area contributed by atoms with Gasteiger partial charge >= 0.3 is 0 Å². The minimum Gasteiger partial charge on any atom is -0.308 e. The van der Waals surface area contributed by atoms with Crippen molar-refractivity contribution in [2.24, 2.45) is 0 Å². The zero-order valence-corrected chi connectivity index (χ0v) is 13.9. The van der Waals surface area contributed by atoms with Gasteiger partial charge in [0, 0.05) is 31.4 Å². The number of likely N-dealkylation sites (N-methyl/N-ethyl adjacent to an activating group) is 1. The number of fused-ring (bicyclic) bond motifs is 1. The lowest BCUT2D eigenvalue weighted by Crippen LogP contribution is -2.34. The summed E-state index contributed by atoms with van der Waals surface area (Å²) in [7, 11) is 2.20. The van der Waals surface area contributed by atoms with Gasteiger partial charge in [0.05, 0.1) is 5.69 Å². The second kappa shape index (κ2) is 5.97. The molecule has 0 amide bonds.